The fraction of sp³-hybridized carbons (Fsp3) is 0.545. The standard InChI is InChI=1S/C22H26N4O5/c27-17-5-4-16(19(28)24-17)26-20(29)15-3-1-2-13(18(15)21(26)30)10-25-8-6-14(7-9-25)22(31)11-23-12-22/h1-3,14,16,23,31H,4-12H2,(H,24,27,28). The van der Waals surface area contributed by atoms with Gasteiger partial charge in [0.05, 0.1) is 16.7 Å². The van der Waals surface area contributed by atoms with Crippen molar-refractivity contribution in [2.24, 2.45) is 5.92 Å². The van der Waals surface area contributed by atoms with Gasteiger partial charge in [-0.3, -0.25) is 34.3 Å². The zero-order valence-electron chi connectivity index (χ0n) is 17.2. The Morgan fingerprint density at radius 3 is 2.42 bits per heavy atom. The normalized spacial score (nSPS) is 26.6. The molecule has 1 atom stereocenters. The Kier molecular flexibility index (Phi) is 4.91. The molecule has 3 N–H and O–H groups in total. The summed E-state index contributed by atoms with van der Waals surface area (Å²) in [5.74, 6) is -1.65. The Balaban J connectivity index is 1.32. The molecule has 9 heteroatoms. The number of piperidine rings is 2. The molecule has 0 aliphatic carbocycles. The van der Waals surface area contributed by atoms with Gasteiger partial charge < -0.3 is 10.4 Å². The number of carbonyl (C=O) groups is 4. The zero-order valence-corrected chi connectivity index (χ0v) is 17.2. The molecule has 4 aliphatic rings. The molecule has 4 heterocycles. The fourth-order valence-electron chi connectivity index (χ4n) is 5.26. The van der Waals surface area contributed by atoms with E-state index in [9.17, 15) is 24.3 Å². The summed E-state index contributed by atoms with van der Waals surface area (Å²) in [6, 6.07) is 4.29. The molecule has 0 bridgehead atoms. The zero-order chi connectivity index (χ0) is 21.8. The monoisotopic (exact) mass is 426 g/mol. The van der Waals surface area contributed by atoms with Crippen molar-refractivity contribution in [1.29, 1.82) is 0 Å². The Morgan fingerprint density at radius 1 is 1.03 bits per heavy atom. The van der Waals surface area contributed by atoms with Gasteiger partial charge in [0.25, 0.3) is 11.8 Å². The number of likely N-dealkylation sites (tertiary alicyclic amines) is 1. The van der Waals surface area contributed by atoms with Crippen molar-refractivity contribution in [2.45, 2.75) is 43.9 Å². The van der Waals surface area contributed by atoms with Crippen molar-refractivity contribution in [3.8, 4) is 0 Å². The second kappa shape index (κ2) is 7.51. The van der Waals surface area contributed by atoms with Crippen LogP contribution in [0.5, 0.6) is 0 Å². The quantitative estimate of drug-likeness (QED) is 0.562. The average Bonchev–Trinajstić information content (AvgIpc) is 2.98. The summed E-state index contributed by atoms with van der Waals surface area (Å²) in [6.45, 7) is 3.47. The fourth-order valence-corrected chi connectivity index (χ4v) is 5.26. The highest BCUT2D eigenvalue weighted by Crippen LogP contribution is 2.34. The van der Waals surface area contributed by atoms with Gasteiger partial charge in [-0.25, -0.2) is 0 Å². The first-order valence-corrected chi connectivity index (χ1v) is 10.9. The van der Waals surface area contributed by atoms with E-state index in [0.717, 1.165) is 36.4 Å². The molecular weight excluding hydrogens is 400 g/mol. The number of benzene rings is 1. The third-order valence-electron chi connectivity index (χ3n) is 7.16. The van der Waals surface area contributed by atoms with Crippen LogP contribution in [0.15, 0.2) is 18.2 Å². The van der Waals surface area contributed by atoms with Gasteiger partial charge in [0.1, 0.15) is 6.04 Å². The van der Waals surface area contributed by atoms with E-state index in [1.807, 2.05) is 6.07 Å². The van der Waals surface area contributed by atoms with E-state index in [-0.39, 0.29) is 24.7 Å². The maximum atomic E-state index is 13.2. The van der Waals surface area contributed by atoms with E-state index in [1.54, 1.807) is 12.1 Å². The van der Waals surface area contributed by atoms with Crippen LogP contribution in [0.3, 0.4) is 0 Å². The van der Waals surface area contributed by atoms with E-state index < -0.39 is 29.4 Å². The minimum absolute atomic E-state index is 0.105. The van der Waals surface area contributed by atoms with Crippen LogP contribution < -0.4 is 10.6 Å². The first kappa shape index (κ1) is 20.3. The number of fused-ring (bicyclic) bond motifs is 1. The predicted octanol–water partition coefficient (Wildman–Crippen LogP) is -0.366. The predicted molar refractivity (Wildman–Crippen MR) is 109 cm³/mol. The van der Waals surface area contributed by atoms with Crippen molar-refractivity contribution < 1.29 is 24.3 Å². The van der Waals surface area contributed by atoms with Gasteiger partial charge in [0.2, 0.25) is 11.8 Å². The molecule has 1 aromatic carbocycles. The SMILES string of the molecule is O=C1CCC(N2C(=O)c3cccc(CN4CCC(C5(O)CNC5)CC4)c3C2=O)C(=O)N1. The van der Waals surface area contributed by atoms with Crippen molar-refractivity contribution in [1.82, 2.24) is 20.4 Å². The lowest BCUT2D eigenvalue weighted by Crippen LogP contribution is -2.64. The minimum atomic E-state index is -0.953. The van der Waals surface area contributed by atoms with Crippen molar-refractivity contribution >= 4 is 23.6 Å². The average molecular weight is 426 g/mol. The first-order valence-electron chi connectivity index (χ1n) is 10.9. The summed E-state index contributed by atoms with van der Waals surface area (Å²) in [5.41, 5.74) is 0.858. The summed E-state index contributed by atoms with van der Waals surface area (Å²) in [5, 5.41) is 15.9. The van der Waals surface area contributed by atoms with E-state index >= 15 is 0 Å². The number of nitrogens with one attached hydrogen (secondary N) is 2. The van der Waals surface area contributed by atoms with Gasteiger partial charge in [-0.1, -0.05) is 12.1 Å². The highest BCUT2D eigenvalue weighted by molar-refractivity contribution is 6.24. The molecule has 3 fully saturated rings. The Labute approximate surface area is 179 Å². The molecule has 0 radical (unpaired) electrons. The van der Waals surface area contributed by atoms with Gasteiger partial charge in [0.15, 0.2) is 0 Å². The van der Waals surface area contributed by atoms with Crippen LogP contribution in [-0.2, 0) is 16.1 Å². The number of hydrogen-bond acceptors (Lipinski definition) is 7. The lowest BCUT2D eigenvalue weighted by atomic mass is 9.76. The number of nitrogens with zero attached hydrogens (tertiary/aromatic N) is 2. The summed E-state index contributed by atoms with van der Waals surface area (Å²) >= 11 is 0. The molecule has 0 saturated carbocycles. The lowest BCUT2D eigenvalue weighted by molar-refractivity contribution is -0.136. The third kappa shape index (κ3) is 3.37. The summed E-state index contributed by atoms with van der Waals surface area (Å²) < 4.78 is 0. The van der Waals surface area contributed by atoms with Gasteiger partial charge in [-0.05, 0) is 49.9 Å². The number of hydrogen-bond donors (Lipinski definition) is 3. The van der Waals surface area contributed by atoms with Gasteiger partial charge in [-0.2, -0.15) is 0 Å². The molecule has 5 rings (SSSR count). The van der Waals surface area contributed by atoms with Crippen LogP contribution in [0.25, 0.3) is 0 Å². The topological polar surface area (TPSA) is 119 Å². The van der Waals surface area contributed by atoms with Crippen molar-refractivity contribution in [2.75, 3.05) is 26.2 Å². The number of aliphatic hydroxyl groups is 1. The molecule has 4 amide bonds. The minimum Gasteiger partial charge on any atom is -0.387 e. The molecule has 0 aromatic heterocycles. The molecule has 1 unspecified atom stereocenters. The third-order valence-corrected chi connectivity index (χ3v) is 7.16. The second-order valence-electron chi connectivity index (χ2n) is 9.04. The van der Waals surface area contributed by atoms with Crippen LogP contribution in [0.4, 0.5) is 0 Å². The van der Waals surface area contributed by atoms with Gasteiger partial charge >= 0.3 is 0 Å². The van der Waals surface area contributed by atoms with Crippen molar-refractivity contribution in [3.63, 3.8) is 0 Å². The molecular formula is C22H26N4O5. The molecule has 9 nitrogen and oxygen atoms in total. The maximum Gasteiger partial charge on any atom is 0.262 e. The molecule has 0 spiro atoms. The number of imide groups is 2. The lowest BCUT2D eigenvalue weighted by Gasteiger charge is -2.47. The van der Waals surface area contributed by atoms with Crippen LogP contribution in [-0.4, -0.2) is 76.4 Å². The Bertz CT molecular complexity index is 965. The largest absolute Gasteiger partial charge is 0.387 e. The first-order chi connectivity index (χ1) is 14.9. The molecule has 1 aromatic rings. The van der Waals surface area contributed by atoms with E-state index in [1.165, 1.54) is 0 Å². The van der Waals surface area contributed by atoms with Crippen LogP contribution in [0.1, 0.15) is 52.0 Å². The van der Waals surface area contributed by atoms with E-state index in [2.05, 4.69) is 15.5 Å². The van der Waals surface area contributed by atoms with E-state index in [0.29, 0.717) is 30.8 Å². The van der Waals surface area contributed by atoms with Crippen LogP contribution in [0, 0.1) is 5.92 Å². The second-order valence-corrected chi connectivity index (χ2v) is 9.04. The summed E-state index contributed by atoms with van der Waals surface area (Å²) in [4.78, 5) is 53.1. The van der Waals surface area contributed by atoms with Gasteiger partial charge in [-0.15, -0.1) is 0 Å². The summed E-state index contributed by atoms with van der Waals surface area (Å²) in [7, 11) is 0. The molecule has 4 aliphatic heterocycles. The number of β-amino-alcohol motifs (C(OH)–C–C–N with tert-alkyl or cyclic N) is 1. The van der Waals surface area contributed by atoms with E-state index in [4.69, 9.17) is 0 Å². The Hall–Kier alpha value is -2.62. The van der Waals surface area contributed by atoms with Gasteiger partial charge in [0, 0.05) is 26.1 Å². The highest BCUT2D eigenvalue weighted by atomic mass is 16.3. The molecule has 3 saturated heterocycles. The number of amides is 4. The number of carbonyl (C=O) groups excluding carboxylic acids is 4. The molecule has 164 valence electrons. The molecule has 31 heavy (non-hydrogen) atoms. The Morgan fingerprint density at radius 2 is 1.77 bits per heavy atom. The highest BCUT2D eigenvalue weighted by Gasteiger charge is 2.46. The summed E-state index contributed by atoms with van der Waals surface area (Å²) in [6.07, 6.45) is 2.04. The number of rotatable bonds is 4. The smallest absolute Gasteiger partial charge is 0.262 e. The maximum absolute atomic E-state index is 13.2. The van der Waals surface area contributed by atoms with Crippen LogP contribution >= 0.6 is 0 Å². The van der Waals surface area contributed by atoms with Crippen molar-refractivity contribution in [3.05, 3.63) is 34.9 Å². The van der Waals surface area contributed by atoms with Crippen LogP contribution in [0.2, 0.25) is 0 Å².